The van der Waals surface area contributed by atoms with Crippen LogP contribution in [-0.2, 0) is 0 Å². The highest BCUT2D eigenvalue weighted by atomic mass is 127. The molecule has 0 unspecified atom stereocenters. The largest absolute Gasteiger partial charge is 0.477 e. The molecule has 0 aliphatic carbocycles. The van der Waals surface area contributed by atoms with Crippen LogP contribution in [0, 0.1) is 9.39 Å². The van der Waals surface area contributed by atoms with Gasteiger partial charge in [0.15, 0.2) is 0 Å². The lowest BCUT2D eigenvalue weighted by Gasteiger charge is -2.10. The molecule has 0 aliphatic heterocycles. The number of hydrogen-bond acceptors (Lipinski definition) is 1. The monoisotopic (exact) mass is 399 g/mol. The summed E-state index contributed by atoms with van der Waals surface area (Å²) < 4.78 is 15.1. The molecule has 0 radical (unpaired) electrons. The van der Waals surface area contributed by atoms with E-state index in [-0.39, 0.29) is 21.4 Å². The maximum atomic E-state index is 13.1. The summed E-state index contributed by atoms with van der Waals surface area (Å²) in [6.45, 7) is 0. The van der Waals surface area contributed by atoms with Crippen molar-refractivity contribution >= 4 is 51.8 Å². The Kier molecular flexibility index (Phi) is 3.84. The van der Waals surface area contributed by atoms with E-state index in [1.165, 1.54) is 10.6 Å². The number of halogens is 4. The Morgan fingerprint density at radius 1 is 1.28 bits per heavy atom. The van der Waals surface area contributed by atoms with Crippen molar-refractivity contribution in [1.29, 1.82) is 0 Å². The van der Waals surface area contributed by atoms with Crippen LogP contribution in [0.3, 0.4) is 0 Å². The van der Waals surface area contributed by atoms with E-state index in [2.05, 4.69) is 0 Å². The molecule has 7 heteroatoms. The molecule has 0 atom stereocenters. The molecule has 0 bridgehead atoms. The summed E-state index contributed by atoms with van der Waals surface area (Å²) in [5.74, 6) is -1.69. The predicted molar refractivity (Wildman–Crippen MR) is 75.4 cm³/mol. The first-order chi connectivity index (χ1) is 8.40. The highest BCUT2D eigenvalue weighted by molar-refractivity contribution is 14.1. The van der Waals surface area contributed by atoms with Crippen LogP contribution in [0.2, 0.25) is 10.0 Å². The van der Waals surface area contributed by atoms with Crippen molar-refractivity contribution in [2.75, 3.05) is 0 Å². The van der Waals surface area contributed by atoms with Gasteiger partial charge < -0.3 is 9.67 Å². The van der Waals surface area contributed by atoms with Crippen LogP contribution in [0.4, 0.5) is 4.39 Å². The van der Waals surface area contributed by atoms with E-state index >= 15 is 0 Å². The van der Waals surface area contributed by atoms with Crippen LogP contribution in [0.15, 0.2) is 24.4 Å². The van der Waals surface area contributed by atoms with Crippen LogP contribution >= 0.6 is 45.8 Å². The van der Waals surface area contributed by atoms with E-state index in [1.54, 1.807) is 6.20 Å². The molecule has 0 aliphatic rings. The molecule has 1 aromatic carbocycles. The number of carboxylic acids is 1. The maximum Gasteiger partial charge on any atom is 0.352 e. The molecule has 1 aromatic heterocycles. The first kappa shape index (κ1) is 13.6. The summed E-state index contributed by atoms with van der Waals surface area (Å²) in [5, 5.41) is 9.19. The van der Waals surface area contributed by atoms with E-state index < -0.39 is 11.8 Å². The quantitative estimate of drug-likeness (QED) is 0.768. The van der Waals surface area contributed by atoms with Crippen LogP contribution < -0.4 is 0 Å². The molecule has 18 heavy (non-hydrogen) atoms. The molecule has 1 heterocycles. The average molecular weight is 400 g/mol. The van der Waals surface area contributed by atoms with Crippen LogP contribution in [0.5, 0.6) is 0 Å². The molecule has 0 fully saturated rings. The Bertz CT molecular complexity index is 619. The molecule has 0 saturated carbocycles. The van der Waals surface area contributed by atoms with Crippen molar-refractivity contribution in [3.05, 3.63) is 49.5 Å². The van der Waals surface area contributed by atoms with Gasteiger partial charge in [-0.3, -0.25) is 0 Å². The van der Waals surface area contributed by atoms with Gasteiger partial charge in [-0.05, 0) is 40.8 Å². The second kappa shape index (κ2) is 5.07. The highest BCUT2D eigenvalue weighted by Gasteiger charge is 2.18. The first-order valence-corrected chi connectivity index (χ1v) is 6.49. The maximum absolute atomic E-state index is 13.1. The number of hydrogen-bond donors (Lipinski definition) is 1. The molecule has 94 valence electrons. The summed E-state index contributed by atoms with van der Waals surface area (Å²) in [6, 6.07) is 3.64. The fourth-order valence-electron chi connectivity index (χ4n) is 1.54. The Morgan fingerprint density at radius 3 is 2.33 bits per heavy atom. The third-order valence-electron chi connectivity index (χ3n) is 2.23. The Hall–Kier alpha value is -0.790. The molecule has 1 N–H and O–H groups in total. The minimum absolute atomic E-state index is 0.00908. The first-order valence-electron chi connectivity index (χ1n) is 4.66. The standard InChI is InChI=1S/C11H5Cl2FINO2/c12-7-1-5(14)2-8(13)10(7)16-4-6(15)3-9(16)11(17)18/h1-4H,(H,17,18). The molecule has 2 aromatic rings. The van der Waals surface area contributed by atoms with Gasteiger partial charge in [0.2, 0.25) is 0 Å². The predicted octanol–water partition coefficient (Wildman–Crippen LogP) is 4.23. The molecular formula is C11H5Cl2FINO2. The summed E-state index contributed by atoms with van der Waals surface area (Å²) in [6.07, 6.45) is 1.56. The Balaban J connectivity index is 2.73. The van der Waals surface area contributed by atoms with Crippen molar-refractivity contribution in [2.45, 2.75) is 0 Å². The fraction of sp³-hybridized carbons (Fsp3) is 0. The number of aromatic carboxylic acids is 1. The molecule has 0 saturated heterocycles. The number of nitrogens with zero attached hydrogens (tertiary/aromatic N) is 1. The minimum atomic E-state index is -1.12. The van der Waals surface area contributed by atoms with E-state index in [1.807, 2.05) is 22.6 Å². The second-order valence-corrected chi connectivity index (χ2v) is 5.50. The third kappa shape index (κ3) is 2.48. The minimum Gasteiger partial charge on any atom is -0.477 e. The lowest BCUT2D eigenvalue weighted by Crippen LogP contribution is -2.06. The molecule has 0 spiro atoms. The topological polar surface area (TPSA) is 42.2 Å². The Labute approximate surface area is 125 Å². The van der Waals surface area contributed by atoms with E-state index in [4.69, 9.17) is 28.3 Å². The van der Waals surface area contributed by atoms with Gasteiger partial charge in [-0.2, -0.15) is 0 Å². The summed E-state index contributed by atoms with van der Waals surface area (Å²) in [4.78, 5) is 11.1. The number of aromatic nitrogens is 1. The van der Waals surface area contributed by atoms with Crippen LogP contribution in [0.25, 0.3) is 5.69 Å². The summed E-state index contributed by atoms with van der Waals surface area (Å²) >= 11 is 13.8. The number of benzene rings is 1. The van der Waals surface area contributed by atoms with Crippen LogP contribution in [-0.4, -0.2) is 15.6 Å². The fourth-order valence-corrected chi connectivity index (χ4v) is 2.76. The van der Waals surface area contributed by atoms with Crippen molar-refractivity contribution in [1.82, 2.24) is 4.57 Å². The molecule has 0 amide bonds. The smallest absolute Gasteiger partial charge is 0.352 e. The van der Waals surface area contributed by atoms with E-state index in [0.29, 0.717) is 3.57 Å². The van der Waals surface area contributed by atoms with Crippen molar-refractivity contribution in [3.8, 4) is 5.69 Å². The zero-order valence-electron chi connectivity index (χ0n) is 8.62. The van der Waals surface area contributed by atoms with Gasteiger partial charge in [0.25, 0.3) is 0 Å². The lowest BCUT2D eigenvalue weighted by atomic mass is 10.3. The van der Waals surface area contributed by atoms with Gasteiger partial charge in [-0.25, -0.2) is 9.18 Å². The van der Waals surface area contributed by atoms with Gasteiger partial charge in [0.05, 0.1) is 15.7 Å². The van der Waals surface area contributed by atoms with Gasteiger partial charge in [0, 0.05) is 9.77 Å². The zero-order valence-corrected chi connectivity index (χ0v) is 12.3. The lowest BCUT2D eigenvalue weighted by molar-refractivity contribution is 0.0688. The van der Waals surface area contributed by atoms with Crippen molar-refractivity contribution in [2.24, 2.45) is 0 Å². The average Bonchev–Trinajstić information content (AvgIpc) is 2.58. The van der Waals surface area contributed by atoms with Gasteiger partial charge in [-0.15, -0.1) is 0 Å². The summed E-state index contributed by atoms with van der Waals surface area (Å²) in [5.41, 5.74) is 0.259. The Morgan fingerprint density at radius 2 is 1.83 bits per heavy atom. The number of carbonyl (C=O) groups is 1. The third-order valence-corrected chi connectivity index (χ3v) is 3.39. The highest BCUT2D eigenvalue weighted by Crippen LogP contribution is 2.31. The molecule has 3 nitrogen and oxygen atoms in total. The van der Waals surface area contributed by atoms with Gasteiger partial charge >= 0.3 is 5.97 Å². The van der Waals surface area contributed by atoms with Crippen molar-refractivity contribution in [3.63, 3.8) is 0 Å². The van der Waals surface area contributed by atoms with E-state index in [9.17, 15) is 9.18 Å². The SMILES string of the molecule is O=C(O)c1cc(I)cn1-c1c(Cl)cc(F)cc1Cl. The van der Waals surface area contributed by atoms with E-state index in [0.717, 1.165) is 12.1 Å². The van der Waals surface area contributed by atoms with Crippen LogP contribution in [0.1, 0.15) is 10.5 Å². The zero-order chi connectivity index (χ0) is 13.4. The van der Waals surface area contributed by atoms with Gasteiger partial charge in [-0.1, -0.05) is 23.2 Å². The summed E-state index contributed by atoms with van der Waals surface area (Å²) in [7, 11) is 0. The van der Waals surface area contributed by atoms with Crippen molar-refractivity contribution < 1.29 is 14.3 Å². The van der Waals surface area contributed by atoms with Gasteiger partial charge in [0.1, 0.15) is 11.5 Å². The normalized spacial score (nSPS) is 10.7. The molecule has 2 rings (SSSR count). The number of carboxylic acid groups (broad SMARTS) is 1. The number of rotatable bonds is 2. The molecular weight excluding hydrogens is 395 g/mol. The second-order valence-electron chi connectivity index (χ2n) is 3.44.